The summed E-state index contributed by atoms with van der Waals surface area (Å²) in [5.74, 6) is 0.237. The molecule has 0 aromatic carbocycles. The summed E-state index contributed by atoms with van der Waals surface area (Å²) in [5.41, 5.74) is 0.923. The maximum atomic E-state index is 12.7. The molecular formula is C13H23Cl2N5O. The molecule has 0 bridgehead atoms. The van der Waals surface area contributed by atoms with Gasteiger partial charge in [-0.1, -0.05) is 0 Å². The van der Waals surface area contributed by atoms with E-state index in [1.54, 1.807) is 10.9 Å². The summed E-state index contributed by atoms with van der Waals surface area (Å²) in [7, 11) is 1.88. The number of anilines is 1. The molecule has 21 heavy (non-hydrogen) atoms. The summed E-state index contributed by atoms with van der Waals surface area (Å²) in [4.78, 5) is 16.9. The summed E-state index contributed by atoms with van der Waals surface area (Å²) in [5, 5.41) is 7.50. The topological polar surface area (TPSA) is 53.4 Å². The molecule has 0 saturated carbocycles. The molecule has 2 fully saturated rings. The van der Waals surface area contributed by atoms with E-state index in [0.29, 0.717) is 0 Å². The normalized spacial score (nSPS) is 23.4. The number of aromatic nitrogens is 2. The van der Waals surface area contributed by atoms with Crippen LogP contribution in [0.5, 0.6) is 0 Å². The Morgan fingerprint density at radius 2 is 1.95 bits per heavy atom. The van der Waals surface area contributed by atoms with Crippen molar-refractivity contribution in [1.82, 2.24) is 20.0 Å². The van der Waals surface area contributed by atoms with Crippen molar-refractivity contribution >= 4 is 36.4 Å². The van der Waals surface area contributed by atoms with Gasteiger partial charge in [-0.15, -0.1) is 24.8 Å². The number of carbonyl (C=O) groups excluding carboxylic acids is 1. The monoisotopic (exact) mass is 335 g/mol. The van der Waals surface area contributed by atoms with Crippen LogP contribution in [0, 0.1) is 0 Å². The Bertz CT molecular complexity index is 461. The third-order valence-corrected chi connectivity index (χ3v) is 4.01. The molecule has 8 heteroatoms. The van der Waals surface area contributed by atoms with Gasteiger partial charge in [0.1, 0.15) is 0 Å². The van der Waals surface area contributed by atoms with E-state index in [0.717, 1.165) is 51.3 Å². The first kappa shape index (κ1) is 18.2. The van der Waals surface area contributed by atoms with E-state index in [2.05, 4.69) is 15.3 Å². The maximum Gasteiger partial charge on any atom is 0.244 e. The van der Waals surface area contributed by atoms with Crippen molar-refractivity contribution in [2.24, 2.45) is 7.05 Å². The molecule has 120 valence electrons. The smallest absolute Gasteiger partial charge is 0.244 e. The van der Waals surface area contributed by atoms with E-state index in [1.165, 1.54) is 0 Å². The first-order valence-corrected chi connectivity index (χ1v) is 7.00. The lowest BCUT2D eigenvalue weighted by Crippen LogP contribution is -2.57. The number of piperazine rings is 1. The van der Waals surface area contributed by atoms with Crippen molar-refractivity contribution in [2.75, 3.05) is 37.6 Å². The van der Waals surface area contributed by atoms with Gasteiger partial charge in [0.2, 0.25) is 5.91 Å². The van der Waals surface area contributed by atoms with Gasteiger partial charge < -0.3 is 10.2 Å². The fourth-order valence-corrected chi connectivity index (χ4v) is 2.99. The van der Waals surface area contributed by atoms with Crippen molar-refractivity contribution in [2.45, 2.75) is 18.9 Å². The molecule has 0 aliphatic carbocycles. The molecule has 1 unspecified atom stereocenters. The highest BCUT2D eigenvalue weighted by molar-refractivity contribution is 5.97. The number of nitrogens with one attached hydrogen (secondary N) is 1. The van der Waals surface area contributed by atoms with Gasteiger partial charge in [0.05, 0.1) is 17.9 Å². The lowest BCUT2D eigenvalue weighted by atomic mass is 10.0. The zero-order valence-corrected chi connectivity index (χ0v) is 13.8. The van der Waals surface area contributed by atoms with Gasteiger partial charge in [-0.3, -0.25) is 14.4 Å². The van der Waals surface area contributed by atoms with Gasteiger partial charge in [0, 0.05) is 46.0 Å². The number of rotatable bonds is 2. The Balaban J connectivity index is 0.00000110. The molecule has 1 aromatic rings. The quantitative estimate of drug-likeness (QED) is 0.862. The molecule has 3 rings (SSSR count). The van der Waals surface area contributed by atoms with Gasteiger partial charge in [0.15, 0.2) is 0 Å². The van der Waals surface area contributed by atoms with E-state index < -0.39 is 0 Å². The highest BCUT2D eigenvalue weighted by atomic mass is 35.5. The van der Waals surface area contributed by atoms with Crippen molar-refractivity contribution in [3.63, 3.8) is 0 Å². The van der Waals surface area contributed by atoms with E-state index in [1.807, 2.05) is 18.1 Å². The number of halogens is 2. The Labute approximate surface area is 137 Å². The summed E-state index contributed by atoms with van der Waals surface area (Å²) < 4.78 is 1.75. The third kappa shape index (κ3) is 3.88. The zero-order valence-electron chi connectivity index (χ0n) is 12.2. The number of hydrogen-bond acceptors (Lipinski definition) is 4. The van der Waals surface area contributed by atoms with Crippen molar-refractivity contribution in [3.05, 3.63) is 12.4 Å². The predicted molar refractivity (Wildman–Crippen MR) is 87.5 cm³/mol. The van der Waals surface area contributed by atoms with Gasteiger partial charge in [-0.25, -0.2) is 0 Å². The second-order valence-electron chi connectivity index (χ2n) is 5.31. The number of hydrogen-bond donors (Lipinski definition) is 1. The van der Waals surface area contributed by atoms with E-state index in [9.17, 15) is 4.79 Å². The maximum absolute atomic E-state index is 12.7. The summed E-state index contributed by atoms with van der Waals surface area (Å²) in [6, 6.07) is 0.0519. The van der Waals surface area contributed by atoms with Gasteiger partial charge in [-0.05, 0) is 12.8 Å². The van der Waals surface area contributed by atoms with Crippen molar-refractivity contribution < 1.29 is 4.79 Å². The minimum atomic E-state index is 0. The Morgan fingerprint density at radius 3 is 2.57 bits per heavy atom. The molecule has 2 saturated heterocycles. The third-order valence-electron chi connectivity index (χ3n) is 4.01. The molecule has 2 aliphatic rings. The van der Waals surface area contributed by atoms with Crippen LogP contribution in [0.25, 0.3) is 0 Å². The standard InChI is InChI=1S/C13H21N5O.2ClH/c1-16-10-11(9-15-16)18-6-2-3-12(13(18)19)17-7-4-14-5-8-17;;/h9-10,12,14H,2-8H2,1H3;2*1H. The molecule has 1 N–H and O–H groups in total. The summed E-state index contributed by atoms with van der Waals surface area (Å²) in [6.07, 6.45) is 5.74. The van der Waals surface area contributed by atoms with Crippen LogP contribution in [0.15, 0.2) is 12.4 Å². The van der Waals surface area contributed by atoms with Crippen molar-refractivity contribution in [1.29, 1.82) is 0 Å². The van der Waals surface area contributed by atoms with Crippen LogP contribution in [0.3, 0.4) is 0 Å². The van der Waals surface area contributed by atoms with E-state index >= 15 is 0 Å². The molecule has 0 spiro atoms. The fraction of sp³-hybridized carbons (Fsp3) is 0.692. The molecule has 1 atom stereocenters. The van der Waals surface area contributed by atoms with Gasteiger partial charge in [0.25, 0.3) is 0 Å². The molecule has 3 heterocycles. The summed E-state index contributed by atoms with van der Waals surface area (Å²) in [6.45, 7) is 4.72. The Hall–Kier alpha value is -0.820. The van der Waals surface area contributed by atoms with E-state index in [-0.39, 0.29) is 36.8 Å². The molecule has 0 radical (unpaired) electrons. The molecule has 1 aromatic heterocycles. The van der Waals surface area contributed by atoms with E-state index in [4.69, 9.17) is 0 Å². The largest absolute Gasteiger partial charge is 0.314 e. The number of amides is 1. The molecule has 6 nitrogen and oxygen atoms in total. The fourth-order valence-electron chi connectivity index (χ4n) is 2.99. The highest BCUT2D eigenvalue weighted by Gasteiger charge is 2.34. The second-order valence-corrected chi connectivity index (χ2v) is 5.31. The number of aryl methyl sites for hydroxylation is 1. The average Bonchev–Trinajstić information content (AvgIpc) is 2.86. The number of nitrogens with zero attached hydrogens (tertiary/aromatic N) is 4. The van der Waals surface area contributed by atoms with Crippen LogP contribution in [0.1, 0.15) is 12.8 Å². The lowest BCUT2D eigenvalue weighted by molar-refractivity contribution is -0.125. The van der Waals surface area contributed by atoms with Crippen LogP contribution >= 0.6 is 24.8 Å². The van der Waals surface area contributed by atoms with Crippen LogP contribution in [0.2, 0.25) is 0 Å². The Kier molecular flexibility index (Phi) is 6.93. The van der Waals surface area contributed by atoms with Gasteiger partial charge >= 0.3 is 0 Å². The summed E-state index contributed by atoms with van der Waals surface area (Å²) >= 11 is 0. The first-order valence-electron chi connectivity index (χ1n) is 7.00. The molecular weight excluding hydrogens is 313 g/mol. The first-order chi connectivity index (χ1) is 9.25. The second kappa shape index (κ2) is 7.98. The minimum absolute atomic E-state index is 0. The predicted octanol–water partition coefficient (Wildman–Crippen LogP) is 0.664. The van der Waals surface area contributed by atoms with Crippen LogP contribution in [-0.4, -0.2) is 59.4 Å². The SMILES string of the molecule is Cl.Cl.Cn1cc(N2CCCC(N3CCNCC3)C2=O)cn1. The van der Waals surface area contributed by atoms with Crippen LogP contribution in [0.4, 0.5) is 5.69 Å². The zero-order chi connectivity index (χ0) is 13.2. The number of carbonyl (C=O) groups is 1. The Morgan fingerprint density at radius 1 is 1.24 bits per heavy atom. The number of piperidine rings is 1. The van der Waals surface area contributed by atoms with Crippen LogP contribution < -0.4 is 10.2 Å². The molecule has 1 amide bonds. The lowest BCUT2D eigenvalue weighted by Gasteiger charge is -2.39. The van der Waals surface area contributed by atoms with Crippen LogP contribution in [-0.2, 0) is 11.8 Å². The minimum Gasteiger partial charge on any atom is -0.314 e. The highest BCUT2D eigenvalue weighted by Crippen LogP contribution is 2.23. The molecule has 2 aliphatic heterocycles. The van der Waals surface area contributed by atoms with Gasteiger partial charge in [-0.2, -0.15) is 5.10 Å². The van der Waals surface area contributed by atoms with Crippen molar-refractivity contribution in [3.8, 4) is 0 Å². The average molecular weight is 336 g/mol.